The van der Waals surface area contributed by atoms with Crippen molar-refractivity contribution in [1.82, 2.24) is 24.7 Å². The molecule has 3 aromatic rings. The molecule has 0 aliphatic carbocycles. The van der Waals surface area contributed by atoms with Gasteiger partial charge in [0.1, 0.15) is 6.73 Å². The van der Waals surface area contributed by atoms with Gasteiger partial charge in [0.2, 0.25) is 17.8 Å². The van der Waals surface area contributed by atoms with Gasteiger partial charge in [0.15, 0.2) is 0 Å². The summed E-state index contributed by atoms with van der Waals surface area (Å²) in [6.45, 7) is 2.78. The van der Waals surface area contributed by atoms with E-state index in [2.05, 4.69) is 30.7 Å². The summed E-state index contributed by atoms with van der Waals surface area (Å²) in [6, 6.07) is 11.9. The van der Waals surface area contributed by atoms with Crippen LogP contribution in [-0.4, -0.2) is 45.1 Å². The van der Waals surface area contributed by atoms with Gasteiger partial charge in [-0.05, 0) is 19.1 Å². The van der Waals surface area contributed by atoms with E-state index in [0.717, 1.165) is 0 Å². The third-order valence-electron chi connectivity index (χ3n) is 3.30. The molecule has 0 bridgehead atoms. The number of hydrogen-bond donors (Lipinski definition) is 2. The first-order chi connectivity index (χ1) is 13.2. The number of methoxy groups -OCH3 is 1. The van der Waals surface area contributed by atoms with Crippen LogP contribution < -0.4 is 20.9 Å². The van der Waals surface area contributed by atoms with Crippen molar-refractivity contribution in [3.8, 4) is 17.6 Å². The molecule has 3 rings (SSSR count). The van der Waals surface area contributed by atoms with E-state index in [4.69, 9.17) is 9.47 Å². The predicted octanol–water partition coefficient (Wildman–Crippen LogP) is 1.66. The van der Waals surface area contributed by atoms with Crippen LogP contribution in [0.15, 0.2) is 47.3 Å². The molecular weight excluding hydrogens is 350 g/mol. The zero-order chi connectivity index (χ0) is 19.1. The zero-order valence-electron chi connectivity index (χ0n) is 14.9. The topological polar surface area (TPSA) is 116 Å². The summed E-state index contributed by atoms with van der Waals surface area (Å²) in [5.74, 6) is 0.802. The van der Waals surface area contributed by atoms with Crippen LogP contribution in [0.1, 0.15) is 6.92 Å². The van der Waals surface area contributed by atoms with Crippen molar-refractivity contribution in [2.75, 3.05) is 31.0 Å². The van der Waals surface area contributed by atoms with Gasteiger partial charge in [-0.15, -0.1) is 5.10 Å². The van der Waals surface area contributed by atoms with E-state index >= 15 is 0 Å². The van der Waals surface area contributed by atoms with Crippen molar-refractivity contribution >= 4 is 11.9 Å². The van der Waals surface area contributed by atoms with E-state index in [0.29, 0.717) is 18.2 Å². The Bertz CT molecular complexity index is 947. The maximum absolute atomic E-state index is 12.1. The molecule has 0 saturated heterocycles. The summed E-state index contributed by atoms with van der Waals surface area (Å²) in [5, 5.41) is 10.1. The zero-order valence-corrected chi connectivity index (χ0v) is 14.9. The number of aromatic nitrogens is 5. The van der Waals surface area contributed by atoms with E-state index in [1.165, 1.54) is 16.8 Å². The van der Waals surface area contributed by atoms with Crippen LogP contribution >= 0.6 is 0 Å². The maximum atomic E-state index is 12.1. The van der Waals surface area contributed by atoms with E-state index in [-0.39, 0.29) is 30.1 Å². The Kier molecular flexibility index (Phi) is 5.90. The molecular formula is C17H19N7O3. The minimum atomic E-state index is -0.278. The Labute approximate surface area is 155 Å². The molecule has 0 saturated carbocycles. The average molecular weight is 369 g/mol. The van der Waals surface area contributed by atoms with E-state index in [1.807, 2.05) is 25.1 Å². The molecule has 10 heteroatoms. The van der Waals surface area contributed by atoms with Crippen LogP contribution in [0.2, 0.25) is 0 Å². The number of benzene rings is 1. The van der Waals surface area contributed by atoms with Gasteiger partial charge in [0, 0.05) is 25.8 Å². The fraction of sp³-hybridized carbons (Fsp3) is 0.235. The smallest absolute Gasteiger partial charge is 0.330 e. The van der Waals surface area contributed by atoms with Gasteiger partial charge in [0.25, 0.3) is 5.56 Å². The lowest BCUT2D eigenvalue weighted by molar-refractivity contribution is 0.220. The molecule has 1 aromatic carbocycles. The van der Waals surface area contributed by atoms with E-state index < -0.39 is 0 Å². The molecule has 0 atom stereocenters. The molecule has 0 aliphatic heterocycles. The molecule has 0 fully saturated rings. The van der Waals surface area contributed by atoms with Gasteiger partial charge >= 0.3 is 6.01 Å². The van der Waals surface area contributed by atoms with Crippen molar-refractivity contribution in [2.45, 2.75) is 6.92 Å². The molecule has 0 amide bonds. The van der Waals surface area contributed by atoms with Gasteiger partial charge in [-0.2, -0.15) is 19.6 Å². The first-order valence-electron chi connectivity index (χ1n) is 8.26. The minimum Gasteiger partial charge on any atom is -0.403 e. The highest BCUT2D eigenvalue weighted by atomic mass is 16.5. The number of anilines is 2. The minimum absolute atomic E-state index is 0.0327. The monoisotopic (exact) mass is 369 g/mol. The Hall–Kier alpha value is -3.53. The van der Waals surface area contributed by atoms with E-state index in [1.54, 1.807) is 19.2 Å². The standard InChI is InChI=1S/C17H19N7O3/c1-3-18-15-20-16(19-11-26-2)22-17(21-15)27-13-9-10-14(25)24(23-13)12-7-5-4-6-8-12/h4-10H,3,11H2,1-2H3,(H2,18,19,20,21,22). The van der Waals surface area contributed by atoms with Crippen molar-refractivity contribution in [3.63, 3.8) is 0 Å². The molecule has 0 aliphatic rings. The summed E-state index contributed by atoms with van der Waals surface area (Å²) in [7, 11) is 1.55. The maximum Gasteiger partial charge on any atom is 0.330 e. The Morgan fingerprint density at radius 3 is 2.44 bits per heavy atom. The lowest BCUT2D eigenvalue weighted by atomic mass is 10.3. The number of rotatable bonds is 8. The molecule has 140 valence electrons. The van der Waals surface area contributed by atoms with Gasteiger partial charge in [-0.3, -0.25) is 4.79 Å². The molecule has 2 aromatic heterocycles. The third-order valence-corrected chi connectivity index (χ3v) is 3.30. The number of ether oxygens (including phenoxy) is 2. The Morgan fingerprint density at radius 2 is 1.74 bits per heavy atom. The van der Waals surface area contributed by atoms with Crippen molar-refractivity contribution in [2.24, 2.45) is 0 Å². The summed E-state index contributed by atoms with van der Waals surface area (Å²) < 4.78 is 11.8. The number of nitrogens with one attached hydrogen (secondary N) is 2. The van der Waals surface area contributed by atoms with E-state index in [9.17, 15) is 4.79 Å². The van der Waals surface area contributed by atoms with Gasteiger partial charge in [0.05, 0.1) is 5.69 Å². The first kappa shape index (κ1) is 18.3. The lowest BCUT2D eigenvalue weighted by Crippen LogP contribution is -2.20. The number of nitrogens with zero attached hydrogens (tertiary/aromatic N) is 5. The quantitative estimate of drug-likeness (QED) is 0.572. The lowest BCUT2D eigenvalue weighted by Gasteiger charge is -2.10. The van der Waals surface area contributed by atoms with Crippen LogP contribution in [0.3, 0.4) is 0 Å². The van der Waals surface area contributed by atoms with Crippen LogP contribution in [-0.2, 0) is 4.74 Å². The molecule has 27 heavy (non-hydrogen) atoms. The van der Waals surface area contributed by atoms with Crippen LogP contribution in [0.5, 0.6) is 11.9 Å². The second-order valence-corrected chi connectivity index (χ2v) is 5.26. The second-order valence-electron chi connectivity index (χ2n) is 5.26. The van der Waals surface area contributed by atoms with Crippen molar-refractivity contribution in [3.05, 3.63) is 52.8 Å². The fourth-order valence-electron chi connectivity index (χ4n) is 2.15. The molecule has 2 N–H and O–H groups in total. The normalized spacial score (nSPS) is 10.4. The molecule has 10 nitrogen and oxygen atoms in total. The summed E-state index contributed by atoms with van der Waals surface area (Å²) in [5.41, 5.74) is 0.347. The SMILES string of the molecule is CCNc1nc(NCOC)nc(Oc2ccc(=O)n(-c3ccccc3)n2)n1. The van der Waals surface area contributed by atoms with Crippen LogP contribution in [0, 0.1) is 0 Å². The largest absolute Gasteiger partial charge is 0.403 e. The van der Waals surface area contributed by atoms with Crippen molar-refractivity contribution in [1.29, 1.82) is 0 Å². The molecule has 2 heterocycles. The predicted molar refractivity (Wildman–Crippen MR) is 99.4 cm³/mol. The Morgan fingerprint density at radius 1 is 1.00 bits per heavy atom. The van der Waals surface area contributed by atoms with Gasteiger partial charge in [-0.25, -0.2) is 0 Å². The first-order valence-corrected chi connectivity index (χ1v) is 8.26. The summed E-state index contributed by atoms with van der Waals surface area (Å²) >= 11 is 0. The fourth-order valence-corrected chi connectivity index (χ4v) is 2.15. The molecule has 0 spiro atoms. The van der Waals surface area contributed by atoms with Crippen molar-refractivity contribution < 1.29 is 9.47 Å². The molecule has 0 unspecified atom stereocenters. The second kappa shape index (κ2) is 8.72. The summed E-state index contributed by atoms with van der Waals surface area (Å²) in [6.07, 6.45) is 0. The highest BCUT2D eigenvalue weighted by Crippen LogP contribution is 2.17. The third kappa shape index (κ3) is 4.76. The van der Waals surface area contributed by atoms with Crippen LogP contribution in [0.4, 0.5) is 11.9 Å². The highest BCUT2D eigenvalue weighted by molar-refractivity contribution is 5.36. The summed E-state index contributed by atoms with van der Waals surface area (Å²) in [4.78, 5) is 24.7. The Balaban J connectivity index is 1.90. The molecule has 0 radical (unpaired) electrons. The average Bonchev–Trinajstić information content (AvgIpc) is 2.69. The highest BCUT2D eigenvalue weighted by Gasteiger charge is 2.10. The van der Waals surface area contributed by atoms with Gasteiger partial charge in [-0.1, -0.05) is 18.2 Å². The number of para-hydroxylation sites is 1. The van der Waals surface area contributed by atoms with Gasteiger partial charge < -0.3 is 20.1 Å². The van der Waals surface area contributed by atoms with Crippen LogP contribution in [0.25, 0.3) is 5.69 Å². The number of hydrogen-bond acceptors (Lipinski definition) is 9.